The molecule has 0 saturated carbocycles. The Morgan fingerprint density at radius 1 is 0.867 bits per heavy atom. The predicted molar refractivity (Wildman–Crippen MR) is 207 cm³/mol. The molecule has 16 nitrogen and oxygen atoms in total. The normalized spacial score (nSPS) is 27.9. The van der Waals surface area contributed by atoms with Crippen LogP contribution in [0.1, 0.15) is 62.6 Å². The Morgan fingerprint density at radius 3 is 2.38 bits per heavy atom. The maximum absolute atomic E-state index is 14.6. The average molecular weight is 837 g/mol. The Bertz CT molecular complexity index is 2030. The van der Waals surface area contributed by atoms with Crippen molar-refractivity contribution in [2.75, 3.05) is 32.8 Å². The highest BCUT2D eigenvalue weighted by atomic mass is 19.1. The Balaban J connectivity index is 1.19. The van der Waals surface area contributed by atoms with Crippen molar-refractivity contribution in [3.8, 4) is 5.75 Å². The number of nitrogens with zero attached hydrogens (tertiary/aromatic N) is 3. The fourth-order valence-corrected chi connectivity index (χ4v) is 8.92. The van der Waals surface area contributed by atoms with E-state index in [9.17, 15) is 47.4 Å². The van der Waals surface area contributed by atoms with Gasteiger partial charge in [-0.3, -0.25) is 28.8 Å². The molecule has 4 saturated heterocycles. The van der Waals surface area contributed by atoms with Crippen LogP contribution in [-0.4, -0.2) is 136 Å². The van der Waals surface area contributed by atoms with E-state index >= 15 is 0 Å². The van der Waals surface area contributed by atoms with E-state index < -0.39 is 108 Å². The molecule has 0 aliphatic carbocycles. The van der Waals surface area contributed by atoms with E-state index in [2.05, 4.69) is 16.0 Å². The van der Waals surface area contributed by atoms with E-state index in [1.54, 1.807) is 12.1 Å². The van der Waals surface area contributed by atoms with Gasteiger partial charge in [0, 0.05) is 45.0 Å². The predicted octanol–water partition coefficient (Wildman–Crippen LogP) is 0.296. The minimum atomic E-state index is -1.70. The van der Waals surface area contributed by atoms with Crippen LogP contribution in [-0.2, 0) is 57.6 Å². The summed E-state index contributed by atoms with van der Waals surface area (Å²) in [6.07, 6.45) is 0.456. The second-order valence-corrected chi connectivity index (χ2v) is 16.5. The fraction of sp³-hybridized carbons (Fsp3) is 0.548. The third-order valence-corrected chi connectivity index (χ3v) is 11.9. The number of nitrogens with one attached hydrogen (secondary N) is 3. The van der Waals surface area contributed by atoms with Crippen molar-refractivity contribution in [2.45, 2.75) is 108 Å². The van der Waals surface area contributed by atoms with Crippen LogP contribution in [0.5, 0.6) is 5.75 Å². The first-order valence-corrected chi connectivity index (χ1v) is 20.5. The monoisotopic (exact) mass is 836 g/mol. The molecule has 7 rings (SSSR count). The van der Waals surface area contributed by atoms with Gasteiger partial charge in [0.15, 0.2) is 0 Å². The molecule has 0 spiro atoms. The summed E-state index contributed by atoms with van der Waals surface area (Å²) >= 11 is 0. The minimum Gasteiger partial charge on any atom is -0.493 e. The number of amides is 6. The van der Waals surface area contributed by atoms with Crippen LogP contribution in [0.2, 0.25) is 0 Å². The quantitative estimate of drug-likeness (QED) is 0.281. The molecule has 1 unspecified atom stereocenters. The highest BCUT2D eigenvalue weighted by Crippen LogP contribution is 2.29. The number of aliphatic hydroxyl groups is 1. The number of benzene rings is 2. The van der Waals surface area contributed by atoms with E-state index in [4.69, 9.17) is 9.47 Å². The van der Waals surface area contributed by atoms with Crippen molar-refractivity contribution in [2.24, 2.45) is 5.92 Å². The number of aliphatic hydroxyl groups excluding tert-OH is 1. The van der Waals surface area contributed by atoms with Crippen molar-refractivity contribution >= 4 is 41.4 Å². The third-order valence-electron chi connectivity index (χ3n) is 11.9. The second kappa shape index (κ2) is 17.9. The third kappa shape index (κ3) is 9.37. The van der Waals surface area contributed by atoms with E-state index in [-0.39, 0.29) is 50.4 Å². The topological polar surface area (TPSA) is 204 Å². The summed E-state index contributed by atoms with van der Waals surface area (Å²) in [6.45, 7) is 3.10. The van der Waals surface area contributed by atoms with Crippen LogP contribution in [0.3, 0.4) is 0 Å². The molecule has 2 aromatic rings. The molecule has 6 amide bonds. The lowest BCUT2D eigenvalue weighted by Gasteiger charge is -2.39. The number of rotatable bonds is 7. The molecular formula is C42H50F2N6O10. The number of carbonyl (C=O) groups is 7. The molecule has 322 valence electrons. The van der Waals surface area contributed by atoms with Crippen LogP contribution in [0.25, 0.3) is 0 Å². The number of esters is 1. The van der Waals surface area contributed by atoms with Crippen molar-refractivity contribution < 1.29 is 56.9 Å². The summed E-state index contributed by atoms with van der Waals surface area (Å²) in [7, 11) is 0. The summed E-state index contributed by atoms with van der Waals surface area (Å²) in [6, 6.07) is 0.348. The molecule has 0 aromatic heterocycles. The molecule has 4 fully saturated rings. The van der Waals surface area contributed by atoms with E-state index in [0.717, 1.165) is 29.0 Å². The van der Waals surface area contributed by atoms with Crippen molar-refractivity contribution in [3.63, 3.8) is 0 Å². The Kier molecular flexibility index (Phi) is 12.7. The van der Waals surface area contributed by atoms with Gasteiger partial charge >= 0.3 is 5.97 Å². The zero-order chi connectivity index (χ0) is 42.8. The lowest BCUT2D eigenvalue weighted by atomic mass is 9.99. The van der Waals surface area contributed by atoms with Crippen LogP contribution in [0.15, 0.2) is 36.4 Å². The van der Waals surface area contributed by atoms with Crippen LogP contribution in [0, 0.1) is 17.6 Å². The van der Waals surface area contributed by atoms with E-state index in [1.165, 1.54) is 16.7 Å². The summed E-state index contributed by atoms with van der Waals surface area (Å²) in [5, 5.41) is 18.7. The van der Waals surface area contributed by atoms with Gasteiger partial charge in [0.2, 0.25) is 35.4 Å². The number of cyclic esters (lactones) is 1. The van der Waals surface area contributed by atoms with Crippen LogP contribution >= 0.6 is 0 Å². The molecule has 60 heavy (non-hydrogen) atoms. The van der Waals surface area contributed by atoms with Crippen molar-refractivity contribution in [3.05, 3.63) is 64.7 Å². The second-order valence-electron chi connectivity index (χ2n) is 16.5. The van der Waals surface area contributed by atoms with Gasteiger partial charge in [-0.05, 0) is 73.4 Å². The van der Waals surface area contributed by atoms with Crippen molar-refractivity contribution in [1.29, 1.82) is 0 Å². The highest BCUT2D eigenvalue weighted by molar-refractivity contribution is 5.98. The molecule has 0 radical (unpaired) electrons. The van der Waals surface area contributed by atoms with E-state index in [1.807, 2.05) is 13.0 Å². The standard InChI is InChI=1S/C42H50F2N6O10/c1-22-11-34-42(58)60-21-31(40(56)50-20-29(51)18-33(50)41(57)48-9-4-3-5-32(48)38(54)45-23(2)39(55)49(34)19-22)47-37(53)30(14-25-12-27(43)17-28(44)13-25)46-36(52)16-24-6-7-26-8-10-59-35(26)15-24/h6-7,12-13,15,17,22-23,29-34,51H,3-5,8-11,14,16,18-21H2,1-2H3,(H,45,54)(H,46,52)(H,47,53)/t22-,23+,29-,30+,31+,32?,33+,34+/m1/s1. The summed E-state index contributed by atoms with van der Waals surface area (Å²) in [5.74, 6) is -6.47. The Hall–Kier alpha value is -5.65. The first-order valence-electron chi connectivity index (χ1n) is 20.5. The maximum Gasteiger partial charge on any atom is 0.328 e. The summed E-state index contributed by atoms with van der Waals surface area (Å²) in [5.41, 5.74) is 1.57. The first kappa shape index (κ1) is 42.5. The highest BCUT2D eigenvalue weighted by Gasteiger charge is 2.47. The molecule has 4 N–H and O–H groups in total. The van der Waals surface area contributed by atoms with Gasteiger partial charge in [0.05, 0.1) is 19.1 Å². The molecular weight excluding hydrogens is 786 g/mol. The fourth-order valence-electron chi connectivity index (χ4n) is 8.92. The molecule has 5 aliphatic heterocycles. The molecule has 5 heterocycles. The molecule has 8 atom stereocenters. The number of hydrogen-bond donors (Lipinski definition) is 4. The van der Waals surface area contributed by atoms with Crippen LogP contribution < -0.4 is 20.7 Å². The van der Waals surface area contributed by atoms with Gasteiger partial charge in [-0.2, -0.15) is 0 Å². The van der Waals surface area contributed by atoms with Gasteiger partial charge in [0.25, 0.3) is 0 Å². The summed E-state index contributed by atoms with van der Waals surface area (Å²) < 4.78 is 40.0. The lowest BCUT2D eigenvalue weighted by Crippen LogP contribution is -2.62. The molecule has 2 aromatic carbocycles. The molecule has 18 heteroatoms. The number of fused-ring (bicyclic) bond motifs is 4. The Labute approximate surface area is 345 Å². The number of hydrogen-bond acceptors (Lipinski definition) is 10. The lowest BCUT2D eigenvalue weighted by molar-refractivity contribution is -0.158. The Morgan fingerprint density at radius 2 is 1.62 bits per heavy atom. The number of ether oxygens (including phenoxy) is 2. The zero-order valence-corrected chi connectivity index (χ0v) is 33.5. The van der Waals surface area contributed by atoms with E-state index in [0.29, 0.717) is 43.2 Å². The van der Waals surface area contributed by atoms with Gasteiger partial charge in [-0.25, -0.2) is 13.6 Å². The summed E-state index contributed by atoms with van der Waals surface area (Å²) in [4.78, 5) is 102. The van der Waals surface area contributed by atoms with Crippen LogP contribution in [0.4, 0.5) is 8.78 Å². The minimum absolute atomic E-state index is 0.0115. The smallest absolute Gasteiger partial charge is 0.328 e. The average Bonchev–Trinajstić information content (AvgIpc) is 3.95. The first-order chi connectivity index (χ1) is 28.6. The number of carbonyl (C=O) groups excluding carboxylic acids is 7. The zero-order valence-electron chi connectivity index (χ0n) is 33.5. The van der Waals surface area contributed by atoms with Gasteiger partial charge < -0.3 is 45.2 Å². The van der Waals surface area contributed by atoms with Gasteiger partial charge in [-0.15, -0.1) is 0 Å². The SMILES string of the molecule is C[C@@H]1C[C@H]2C(=O)OC[C@H](NC(=O)[C@H](Cc3cc(F)cc(F)c3)NC(=O)Cc3ccc4c(c3)OCC4)C(=O)N3C[C@H](O)C[C@H]3C(=O)N3CCCCC3C(=O)N[C@@H](C)C(=O)N2C1. The number of piperidine rings is 1. The largest absolute Gasteiger partial charge is 0.493 e. The molecule has 0 bridgehead atoms. The number of halogens is 2. The van der Waals surface area contributed by atoms with Gasteiger partial charge in [0.1, 0.15) is 60.2 Å². The molecule has 5 aliphatic rings. The van der Waals surface area contributed by atoms with Gasteiger partial charge in [-0.1, -0.05) is 19.1 Å². The van der Waals surface area contributed by atoms with Crippen molar-refractivity contribution in [1.82, 2.24) is 30.7 Å². The maximum atomic E-state index is 14.6.